The van der Waals surface area contributed by atoms with Crippen molar-refractivity contribution >= 4 is 0 Å². The second-order valence-corrected chi connectivity index (χ2v) is 5.81. The Bertz CT molecular complexity index is 388. The van der Waals surface area contributed by atoms with Crippen LogP contribution in [0.25, 0.3) is 0 Å². The highest BCUT2D eigenvalue weighted by atomic mass is 15.2. The maximum absolute atomic E-state index is 4.48. The maximum atomic E-state index is 4.48. The van der Waals surface area contributed by atoms with Gasteiger partial charge in [0.05, 0.1) is 6.54 Å². The summed E-state index contributed by atoms with van der Waals surface area (Å²) in [6.07, 6.45) is 9.35. The summed E-state index contributed by atoms with van der Waals surface area (Å²) in [5, 5.41) is 3.71. The van der Waals surface area contributed by atoms with Gasteiger partial charge in [0.15, 0.2) is 0 Å². The van der Waals surface area contributed by atoms with E-state index >= 15 is 0 Å². The molecule has 2 fully saturated rings. The minimum atomic E-state index is 0.728. The van der Waals surface area contributed by atoms with E-state index in [2.05, 4.69) is 39.9 Å². The highest BCUT2D eigenvalue weighted by Crippen LogP contribution is 2.29. The van der Waals surface area contributed by atoms with Gasteiger partial charge in [-0.1, -0.05) is 0 Å². The summed E-state index contributed by atoms with van der Waals surface area (Å²) in [4.78, 5) is 6.98. The van der Waals surface area contributed by atoms with Crippen molar-refractivity contribution in [2.45, 2.75) is 63.8 Å². The number of fused-ring (bicyclic) bond motifs is 2. The smallest absolute Gasteiger partial charge is 0.122 e. The summed E-state index contributed by atoms with van der Waals surface area (Å²) in [5.74, 6) is 1.20. The number of hydrogen-bond donors (Lipinski definition) is 1. The number of rotatable bonds is 4. The number of hydrogen-bond acceptors (Lipinski definition) is 3. The van der Waals surface area contributed by atoms with E-state index in [0.717, 1.165) is 31.2 Å². The average molecular weight is 248 g/mol. The SMILES string of the molecule is CCn1ccnc1CN(C)C1CC2CCC(C1)N2. The first-order valence-corrected chi connectivity index (χ1v) is 7.22. The van der Waals surface area contributed by atoms with E-state index in [9.17, 15) is 0 Å². The number of aromatic nitrogens is 2. The lowest BCUT2D eigenvalue weighted by molar-refractivity contribution is 0.161. The first-order chi connectivity index (χ1) is 8.76. The zero-order valence-electron chi connectivity index (χ0n) is 11.5. The number of nitrogens with zero attached hydrogens (tertiary/aromatic N) is 3. The quantitative estimate of drug-likeness (QED) is 0.879. The number of aryl methyl sites for hydroxylation is 1. The Kier molecular flexibility index (Phi) is 3.39. The molecule has 3 rings (SSSR count). The highest BCUT2D eigenvalue weighted by molar-refractivity contribution is 4.97. The third kappa shape index (κ3) is 2.31. The van der Waals surface area contributed by atoms with Gasteiger partial charge in [0.25, 0.3) is 0 Å². The van der Waals surface area contributed by atoms with Gasteiger partial charge in [-0.3, -0.25) is 4.90 Å². The lowest BCUT2D eigenvalue weighted by Gasteiger charge is -2.35. The van der Waals surface area contributed by atoms with Gasteiger partial charge in [-0.2, -0.15) is 0 Å². The Labute approximate surface area is 109 Å². The second-order valence-electron chi connectivity index (χ2n) is 5.81. The fourth-order valence-electron chi connectivity index (χ4n) is 3.52. The normalized spacial score (nSPS) is 31.2. The van der Waals surface area contributed by atoms with E-state index < -0.39 is 0 Å². The highest BCUT2D eigenvalue weighted by Gasteiger charge is 2.35. The molecule has 3 heterocycles. The Morgan fingerprint density at radius 2 is 2.11 bits per heavy atom. The first-order valence-electron chi connectivity index (χ1n) is 7.22. The molecule has 0 aromatic carbocycles. The monoisotopic (exact) mass is 248 g/mol. The Morgan fingerprint density at radius 1 is 1.39 bits per heavy atom. The Hall–Kier alpha value is -0.870. The predicted molar refractivity (Wildman–Crippen MR) is 72.3 cm³/mol. The van der Waals surface area contributed by atoms with Crippen LogP contribution in [0.15, 0.2) is 12.4 Å². The molecule has 0 saturated carbocycles. The van der Waals surface area contributed by atoms with Crippen LogP contribution in [0, 0.1) is 0 Å². The lowest BCUT2D eigenvalue weighted by atomic mass is 9.98. The van der Waals surface area contributed by atoms with Crippen LogP contribution in [0.4, 0.5) is 0 Å². The van der Waals surface area contributed by atoms with Crippen molar-refractivity contribution in [3.05, 3.63) is 18.2 Å². The van der Waals surface area contributed by atoms with E-state index in [1.807, 2.05) is 6.20 Å². The van der Waals surface area contributed by atoms with Crippen molar-refractivity contribution in [3.8, 4) is 0 Å². The van der Waals surface area contributed by atoms with Gasteiger partial charge < -0.3 is 9.88 Å². The van der Waals surface area contributed by atoms with Crippen LogP contribution in [-0.2, 0) is 13.1 Å². The van der Waals surface area contributed by atoms with E-state index in [1.54, 1.807) is 0 Å². The van der Waals surface area contributed by atoms with Gasteiger partial charge in [-0.25, -0.2) is 4.98 Å². The Morgan fingerprint density at radius 3 is 2.78 bits per heavy atom. The minimum absolute atomic E-state index is 0.728. The average Bonchev–Trinajstić information content (AvgIpc) is 2.95. The number of piperidine rings is 1. The molecule has 0 amide bonds. The molecule has 0 radical (unpaired) electrons. The van der Waals surface area contributed by atoms with E-state index in [1.165, 1.54) is 31.5 Å². The summed E-state index contributed by atoms with van der Waals surface area (Å²) in [7, 11) is 2.25. The molecule has 0 spiro atoms. The molecule has 1 aromatic rings. The molecular formula is C14H24N4. The van der Waals surface area contributed by atoms with Gasteiger partial charge in [0.1, 0.15) is 5.82 Å². The molecule has 0 aliphatic carbocycles. The predicted octanol–water partition coefficient (Wildman–Crippen LogP) is 1.62. The molecule has 2 unspecified atom stereocenters. The van der Waals surface area contributed by atoms with Crippen LogP contribution in [0.1, 0.15) is 38.4 Å². The molecule has 2 atom stereocenters. The van der Waals surface area contributed by atoms with E-state index in [-0.39, 0.29) is 0 Å². The third-order valence-electron chi connectivity index (χ3n) is 4.60. The van der Waals surface area contributed by atoms with Crippen molar-refractivity contribution in [1.82, 2.24) is 19.8 Å². The standard InChI is InChI=1S/C14H24N4/c1-3-18-7-6-15-14(18)10-17(2)13-8-11-4-5-12(9-13)16-11/h6-7,11-13,16H,3-5,8-10H2,1-2H3. The van der Waals surface area contributed by atoms with Gasteiger partial charge in [0, 0.05) is 37.1 Å². The van der Waals surface area contributed by atoms with Crippen LogP contribution in [0.3, 0.4) is 0 Å². The van der Waals surface area contributed by atoms with Crippen molar-refractivity contribution in [1.29, 1.82) is 0 Å². The molecule has 4 heteroatoms. The first kappa shape index (κ1) is 12.2. The van der Waals surface area contributed by atoms with Crippen molar-refractivity contribution in [2.24, 2.45) is 0 Å². The molecule has 1 N–H and O–H groups in total. The molecule has 2 saturated heterocycles. The molecule has 2 bridgehead atoms. The third-order valence-corrected chi connectivity index (χ3v) is 4.60. The molecule has 2 aliphatic heterocycles. The summed E-state index contributed by atoms with van der Waals surface area (Å²) in [6, 6.07) is 2.26. The zero-order chi connectivity index (χ0) is 12.5. The van der Waals surface area contributed by atoms with Gasteiger partial charge in [0.2, 0.25) is 0 Å². The van der Waals surface area contributed by atoms with Crippen molar-refractivity contribution in [3.63, 3.8) is 0 Å². The topological polar surface area (TPSA) is 33.1 Å². The minimum Gasteiger partial charge on any atom is -0.334 e. The van der Waals surface area contributed by atoms with E-state index in [4.69, 9.17) is 0 Å². The second kappa shape index (κ2) is 5.02. The number of imidazole rings is 1. The van der Waals surface area contributed by atoms with Crippen LogP contribution in [-0.4, -0.2) is 39.6 Å². The molecule has 4 nitrogen and oxygen atoms in total. The fourth-order valence-corrected chi connectivity index (χ4v) is 3.52. The molecule has 18 heavy (non-hydrogen) atoms. The van der Waals surface area contributed by atoms with Gasteiger partial charge in [-0.15, -0.1) is 0 Å². The van der Waals surface area contributed by atoms with Gasteiger partial charge >= 0.3 is 0 Å². The maximum Gasteiger partial charge on any atom is 0.122 e. The van der Waals surface area contributed by atoms with E-state index in [0.29, 0.717) is 0 Å². The van der Waals surface area contributed by atoms with Gasteiger partial charge in [-0.05, 0) is 39.7 Å². The molecular weight excluding hydrogens is 224 g/mol. The lowest BCUT2D eigenvalue weighted by Crippen LogP contribution is -2.46. The van der Waals surface area contributed by atoms with Crippen LogP contribution < -0.4 is 5.32 Å². The van der Waals surface area contributed by atoms with Crippen molar-refractivity contribution < 1.29 is 0 Å². The molecule has 1 aromatic heterocycles. The fraction of sp³-hybridized carbons (Fsp3) is 0.786. The summed E-state index contributed by atoms with van der Waals surface area (Å²) >= 11 is 0. The summed E-state index contributed by atoms with van der Waals surface area (Å²) < 4.78 is 2.24. The van der Waals surface area contributed by atoms with Crippen LogP contribution in [0.5, 0.6) is 0 Å². The largest absolute Gasteiger partial charge is 0.334 e. The van der Waals surface area contributed by atoms with Crippen molar-refractivity contribution in [2.75, 3.05) is 7.05 Å². The molecule has 100 valence electrons. The molecule has 2 aliphatic rings. The Balaban J connectivity index is 1.63. The number of nitrogens with one attached hydrogen (secondary N) is 1. The van der Waals surface area contributed by atoms with Crippen LogP contribution in [0.2, 0.25) is 0 Å². The summed E-state index contributed by atoms with van der Waals surface area (Å²) in [6.45, 7) is 4.17. The zero-order valence-corrected chi connectivity index (χ0v) is 11.5. The van der Waals surface area contributed by atoms with Crippen LogP contribution >= 0.6 is 0 Å². The summed E-state index contributed by atoms with van der Waals surface area (Å²) in [5.41, 5.74) is 0.